The van der Waals surface area contributed by atoms with Gasteiger partial charge in [0.2, 0.25) is 5.79 Å². The molecule has 0 N–H and O–H groups in total. The standard InChI is InChI=1S/C12H14O3/c1-12(2)14-6-9-5-8(11-7-13-11)3-4-10(9)15-12/h3-5,11H,6-7H2,1-2H3/t11-/m0/s1. The van der Waals surface area contributed by atoms with Crippen LogP contribution >= 0.6 is 0 Å². The average molecular weight is 206 g/mol. The molecular formula is C12H14O3. The van der Waals surface area contributed by atoms with Crippen molar-refractivity contribution in [3.05, 3.63) is 29.3 Å². The fourth-order valence-electron chi connectivity index (χ4n) is 1.80. The van der Waals surface area contributed by atoms with Crippen molar-refractivity contribution in [2.75, 3.05) is 6.61 Å². The highest BCUT2D eigenvalue weighted by Crippen LogP contribution is 2.36. The van der Waals surface area contributed by atoms with Gasteiger partial charge in [-0.3, -0.25) is 0 Å². The van der Waals surface area contributed by atoms with E-state index >= 15 is 0 Å². The Kier molecular flexibility index (Phi) is 1.82. The molecule has 80 valence electrons. The van der Waals surface area contributed by atoms with Gasteiger partial charge in [-0.05, 0) is 17.7 Å². The minimum absolute atomic E-state index is 0.297. The molecule has 3 heteroatoms. The number of hydrogen-bond donors (Lipinski definition) is 0. The van der Waals surface area contributed by atoms with Gasteiger partial charge in [-0.1, -0.05) is 6.07 Å². The number of benzene rings is 1. The SMILES string of the molecule is CC1(C)OCc2cc([C@@H]3CO3)ccc2O1. The van der Waals surface area contributed by atoms with Gasteiger partial charge in [0.15, 0.2) is 0 Å². The molecule has 0 aliphatic carbocycles. The Morgan fingerprint density at radius 1 is 1.33 bits per heavy atom. The summed E-state index contributed by atoms with van der Waals surface area (Å²) in [4.78, 5) is 0. The number of ether oxygens (including phenoxy) is 3. The monoisotopic (exact) mass is 206 g/mol. The Hall–Kier alpha value is -1.06. The molecule has 15 heavy (non-hydrogen) atoms. The van der Waals surface area contributed by atoms with Gasteiger partial charge in [-0.15, -0.1) is 0 Å². The molecule has 0 spiro atoms. The summed E-state index contributed by atoms with van der Waals surface area (Å²) in [6, 6.07) is 6.19. The lowest BCUT2D eigenvalue weighted by Crippen LogP contribution is -2.35. The van der Waals surface area contributed by atoms with E-state index in [0.717, 1.165) is 17.9 Å². The Balaban J connectivity index is 1.93. The van der Waals surface area contributed by atoms with E-state index in [-0.39, 0.29) is 0 Å². The first kappa shape index (κ1) is 9.19. The minimum Gasteiger partial charge on any atom is -0.463 e. The zero-order valence-electron chi connectivity index (χ0n) is 8.95. The number of hydrogen-bond acceptors (Lipinski definition) is 3. The third-order valence-electron chi connectivity index (χ3n) is 2.72. The second-order valence-electron chi connectivity index (χ2n) is 4.48. The molecule has 1 atom stereocenters. The van der Waals surface area contributed by atoms with Crippen molar-refractivity contribution in [1.82, 2.24) is 0 Å². The maximum Gasteiger partial charge on any atom is 0.205 e. The molecule has 1 aromatic carbocycles. The first-order chi connectivity index (χ1) is 7.14. The summed E-state index contributed by atoms with van der Waals surface area (Å²) in [5.41, 5.74) is 2.34. The molecule has 3 rings (SSSR count). The van der Waals surface area contributed by atoms with E-state index in [9.17, 15) is 0 Å². The van der Waals surface area contributed by atoms with Crippen LogP contribution < -0.4 is 4.74 Å². The van der Waals surface area contributed by atoms with Crippen molar-refractivity contribution < 1.29 is 14.2 Å². The van der Waals surface area contributed by atoms with Crippen molar-refractivity contribution in [3.63, 3.8) is 0 Å². The largest absolute Gasteiger partial charge is 0.463 e. The third kappa shape index (κ3) is 1.73. The predicted octanol–water partition coefficient (Wildman–Crippen LogP) is 2.40. The lowest BCUT2D eigenvalue weighted by atomic mass is 10.1. The third-order valence-corrected chi connectivity index (χ3v) is 2.72. The van der Waals surface area contributed by atoms with Crippen molar-refractivity contribution in [3.8, 4) is 5.75 Å². The Bertz CT molecular complexity index is 394. The van der Waals surface area contributed by atoms with Gasteiger partial charge in [-0.25, -0.2) is 0 Å². The molecule has 3 nitrogen and oxygen atoms in total. The van der Waals surface area contributed by atoms with E-state index in [1.807, 2.05) is 19.9 Å². The summed E-state index contributed by atoms with van der Waals surface area (Å²) in [7, 11) is 0. The molecule has 1 saturated heterocycles. The Morgan fingerprint density at radius 2 is 2.13 bits per heavy atom. The van der Waals surface area contributed by atoms with Gasteiger partial charge in [0.25, 0.3) is 0 Å². The normalized spacial score (nSPS) is 26.7. The second-order valence-corrected chi connectivity index (χ2v) is 4.48. The zero-order chi connectivity index (χ0) is 10.5. The van der Waals surface area contributed by atoms with E-state index in [1.165, 1.54) is 5.56 Å². The van der Waals surface area contributed by atoms with Crippen LogP contribution in [0.5, 0.6) is 5.75 Å². The molecule has 2 heterocycles. The van der Waals surface area contributed by atoms with Gasteiger partial charge in [0, 0.05) is 19.4 Å². The average Bonchev–Trinajstić information content (AvgIpc) is 2.99. The van der Waals surface area contributed by atoms with Crippen LogP contribution in [0.3, 0.4) is 0 Å². The van der Waals surface area contributed by atoms with E-state index in [0.29, 0.717) is 12.7 Å². The molecule has 0 amide bonds. The minimum atomic E-state index is -0.509. The molecule has 0 saturated carbocycles. The Labute approximate surface area is 89.0 Å². The molecule has 0 unspecified atom stereocenters. The maximum absolute atomic E-state index is 5.71. The molecule has 1 fully saturated rings. The molecule has 2 aliphatic rings. The number of fused-ring (bicyclic) bond motifs is 1. The maximum atomic E-state index is 5.71. The summed E-state index contributed by atoms with van der Waals surface area (Å²) in [6.45, 7) is 5.30. The second kappa shape index (κ2) is 2.97. The lowest BCUT2D eigenvalue weighted by Gasteiger charge is -2.32. The lowest BCUT2D eigenvalue weighted by molar-refractivity contribution is -0.180. The highest BCUT2D eigenvalue weighted by molar-refractivity contribution is 5.39. The summed E-state index contributed by atoms with van der Waals surface area (Å²) in [5.74, 6) is 0.417. The van der Waals surface area contributed by atoms with Crippen LogP contribution in [0, 0.1) is 0 Å². The fraction of sp³-hybridized carbons (Fsp3) is 0.500. The quantitative estimate of drug-likeness (QED) is 0.661. The summed E-state index contributed by atoms with van der Waals surface area (Å²) in [6.07, 6.45) is 0.297. The number of rotatable bonds is 1. The van der Waals surface area contributed by atoms with Gasteiger partial charge in [-0.2, -0.15) is 0 Å². The smallest absolute Gasteiger partial charge is 0.205 e. The van der Waals surface area contributed by atoms with E-state index in [1.54, 1.807) is 0 Å². The van der Waals surface area contributed by atoms with Crippen molar-refractivity contribution in [2.24, 2.45) is 0 Å². The van der Waals surface area contributed by atoms with Gasteiger partial charge >= 0.3 is 0 Å². The van der Waals surface area contributed by atoms with Crippen molar-refractivity contribution >= 4 is 0 Å². The van der Waals surface area contributed by atoms with Crippen LogP contribution in [-0.2, 0) is 16.1 Å². The highest BCUT2D eigenvalue weighted by Gasteiger charge is 2.30. The van der Waals surface area contributed by atoms with Crippen molar-refractivity contribution in [1.29, 1.82) is 0 Å². The summed E-state index contributed by atoms with van der Waals surface area (Å²) >= 11 is 0. The van der Waals surface area contributed by atoms with E-state index in [2.05, 4.69) is 12.1 Å². The van der Waals surface area contributed by atoms with E-state index in [4.69, 9.17) is 14.2 Å². The molecule has 2 aliphatic heterocycles. The molecule has 0 bridgehead atoms. The van der Waals surface area contributed by atoms with E-state index < -0.39 is 5.79 Å². The summed E-state index contributed by atoms with van der Waals surface area (Å²) in [5, 5.41) is 0. The van der Waals surface area contributed by atoms with Gasteiger partial charge in [0.05, 0.1) is 13.2 Å². The van der Waals surface area contributed by atoms with Crippen molar-refractivity contribution in [2.45, 2.75) is 32.3 Å². The highest BCUT2D eigenvalue weighted by atomic mass is 16.7. The molecular weight excluding hydrogens is 192 g/mol. The van der Waals surface area contributed by atoms with Crippen LogP contribution in [0.4, 0.5) is 0 Å². The molecule has 1 aromatic rings. The van der Waals surface area contributed by atoms with Crippen LogP contribution in [0.1, 0.15) is 31.1 Å². The van der Waals surface area contributed by atoms with Gasteiger partial charge in [0.1, 0.15) is 11.9 Å². The van der Waals surface area contributed by atoms with Gasteiger partial charge < -0.3 is 14.2 Å². The fourth-order valence-corrected chi connectivity index (χ4v) is 1.80. The summed E-state index contributed by atoms with van der Waals surface area (Å²) < 4.78 is 16.5. The molecule has 0 aromatic heterocycles. The van der Waals surface area contributed by atoms with Crippen LogP contribution in [0.25, 0.3) is 0 Å². The van der Waals surface area contributed by atoms with Crippen LogP contribution in [0.15, 0.2) is 18.2 Å². The number of epoxide rings is 1. The topological polar surface area (TPSA) is 31.0 Å². The Morgan fingerprint density at radius 3 is 2.87 bits per heavy atom. The first-order valence-corrected chi connectivity index (χ1v) is 5.21. The first-order valence-electron chi connectivity index (χ1n) is 5.21. The van der Waals surface area contributed by atoms with Crippen LogP contribution in [-0.4, -0.2) is 12.4 Å². The molecule has 0 radical (unpaired) electrons. The predicted molar refractivity (Wildman–Crippen MR) is 54.6 cm³/mol. The zero-order valence-corrected chi connectivity index (χ0v) is 8.95. The van der Waals surface area contributed by atoms with Crippen LogP contribution in [0.2, 0.25) is 0 Å².